The summed E-state index contributed by atoms with van der Waals surface area (Å²) in [7, 11) is 0. The number of para-hydroxylation sites is 1. The molecule has 4 heteroatoms. The lowest BCUT2D eigenvalue weighted by Gasteiger charge is -2.14. The highest BCUT2D eigenvalue weighted by atomic mass is 19.1. The Balaban J connectivity index is 2.02. The maximum Gasteiger partial charge on any atom is 0.148 e. The van der Waals surface area contributed by atoms with Gasteiger partial charge in [-0.3, -0.25) is 0 Å². The average molecular weight is 246 g/mol. The van der Waals surface area contributed by atoms with E-state index in [-0.39, 0.29) is 12.2 Å². The van der Waals surface area contributed by atoms with E-state index in [9.17, 15) is 9.50 Å². The second-order valence-corrected chi connectivity index (χ2v) is 4.01. The van der Waals surface area contributed by atoms with Crippen LogP contribution in [0.5, 0.6) is 0 Å². The topological polar surface area (TPSA) is 58.3 Å². The van der Waals surface area contributed by atoms with Crippen LogP contribution in [-0.2, 0) is 0 Å². The first-order chi connectivity index (χ1) is 8.68. The number of rotatable bonds is 4. The maximum atomic E-state index is 13.2. The SMILES string of the molecule is Nc1c(F)cccc1NCC(O)c1ccccc1. The summed E-state index contributed by atoms with van der Waals surface area (Å²) in [6.07, 6.45) is -0.658. The number of hydrogen-bond donors (Lipinski definition) is 3. The lowest BCUT2D eigenvalue weighted by atomic mass is 10.1. The van der Waals surface area contributed by atoms with Crippen molar-refractivity contribution in [3.05, 3.63) is 59.9 Å². The average Bonchev–Trinajstić information content (AvgIpc) is 2.41. The van der Waals surface area contributed by atoms with Gasteiger partial charge in [0.15, 0.2) is 0 Å². The van der Waals surface area contributed by atoms with E-state index in [0.717, 1.165) is 5.56 Å². The van der Waals surface area contributed by atoms with E-state index in [1.165, 1.54) is 6.07 Å². The fraction of sp³-hybridized carbons (Fsp3) is 0.143. The lowest BCUT2D eigenvalue weighted by molar-refractivity contribution is 0.191. The molecular weight excluding hydrogens is 231 g/mol. The van der Waals surface area contributed by atoms with Crippen LogP contribution < -0.4 is 11.1 Å². The van der Waals surface area contributed by atoms with Crippen molar-refractivity contribution in [1.82, 2.24) is 0 Å². The van der Waals surface area contributed by atoms with Crippen LogP contribution in [0.25, 0.3) is 0 Å². The minimum Gasteiger partial charge on any atom is -0.395 e. The molecule has 0 bridgehead atoms. The molecular formula is C14H15FN2O. The van der Waals surface area contributed by atoms with Crippen molar-refractivity contribution in [2.75, 3.05) is 17.6 Å². The Hall–Kier alpha value is -2.07. The van der Waals surface area contributed by atoms with Crippen molar-refractivity contribution >= 4 is 11.4 Å². The Morgan fingerprint density at radius 1 is 1.11 bits per heavy atom. The van der Waals surface area contributed by atoms with Crippen LogP contribution in [0.2, 0.25) is 0 Å². The Morgan fingerprint density at radius 2 is 1.83 bits per heavy atom. The van der Waals surface area contributed by atoms with Gasteiger partial charge in [-0.15, -0.1) is 0 Å². The van der Waals surface area contributed by atoms with Gasteiger partial charge in [0.1, 0.15) is 5.82 Å². The molecule has 0 spiro atoms. The molecule has 0 radical (unpaired) electrons. The summed E-state index contributed by atoms with van der Waals surface area (Å²) < 4.78 is 13.2. The van der Waals surface area contributed by atoms with Crippen molar-refractivity contribution in [2.45, 2.75) is 6.10 Å². The van der Waals surface area contributed by atoms with Gasteiger partial charge in [-0.05, 0) is 17.7 Å². The maximum absolute atomic E-state index is 13.2. The molecule has 0 fully saturated rings. The molecule has 0 aromatic heterocycles. The van der Waals surface area contributed by atoms with Gasteiger partial charge >= 0.3 is 0 Å². The molecule has 18 heavy (non-hydrogen) atoms. The van der Waals surface area contributed by atoms with Crippen LogP contribution in [-0.4, -0.2) is 11.7 Å². The molecule has 0 aliphatic heterocycles. The molecule has 2 rings (SSSR count). The summed E-state index contributed by atoms with van der Waals surface area (Å²) in [5.74, 6) is -0.464. The predicted octanol–water partition coefficient (Wildman–Crippen LogP) is 2.55. The number of hydrogen-bond acceptors (Lipinski definition) is 3. The normalized spacial score (nSPS) is 12.1. The smallest absolute Gasteiger partial charge is 0.148 e. The lowest BCUT2D eigenvalue weighted by Crippen LogP contribution is -2.13. The summed E-state index contributed by atoms with van der Waals surface area (Å²) in [5.41, 5.74) is 6.95. The first-order valence-electron chi connectivity index (χ1n) is 5.69. The van der Waals surface area contributed by atoms with E-state index in [1.807, 2.05) is 30.3 Å². The minimum atomic E-state index is -0.658. The Morgan fingerprint density at radius 3 is 2.56 bits per heavy atom. The number of nitrogens with one attached hydrogen (secondary N) is 1. The predicted molar refractivity (Wildman–Crippen MR) is 70.7 cm³/mol. The summed E-state index contributed by atoms with van der Waals surface area (Å²) in [6.45, 7) is 0.275. The molecule has 1 atom stereocenters. The summed E-state index contributed by atoms with van der Waals surface area (Å²) in [4.78, 5) is 0. The quantitative estimate of drug-likeness (QED) is 0.727. The highest BCUT2D eigenvalue weighted by molar-refractivity contribution is 5.66. The molecule has 0 aliphatic carbocycles. The molecule has 94 valence electrons. The van der Waals surface area contributed by atoms with E-state index in [1.54, 1.807) is 12.1 Å². The van der Waals surface area contributed by atoms with Crippen molar-refractivity contribution in [3.63, 3.8) is 0 Å². The zero-order chi connectivity index (χ0) is 13.0. The van der Waals surface area contributed by atoms with E-state index in [2.05, 4.69) is 5.32 Å². The second-order valence-electron chi connectivity index (χ2n) is 4.01. The molecule has 0 heterocycles. The fourth-order valence-corrected chi connectivity index (χ4v) is 1.69. The van der Waals surface area contributed by atoms with Gasteiger partial charge in [0.2, 0.25) is 0 Å². The minimum absolute atomic E-state index is 0.0674. The van der Waals surface area contributed by atoms with Gasteiger partial charge in [0, 0.05) is 6.54 Å². The van der Waals surface area contributed by atoms with E-state index in [4.69, 9.17) is 5.73 Å². The third-order valence-corrected chi connectivity index (χ3v) is 2.72. The fourth-order valence-electron chi connectivity index (χ4n) is 1.69. The molecule has 3 nitrogen and oxygen atoms in total. The molecule has 0 saturated heterocycles. The van der Waals surface area contributed by atoms with Crippen LogP contribution >= 0.6 is 0 Å². The van der Waals surface area contributed by atoms with Gasteiger partial charge in [-0.25, -0.2) is 4.39 Å². The second kappa shape index (κ2) is 5.51. The van der Waals surface area contributed by atoms with Crippen molar-refractivity contribution in [2.24, 2.45) is 0 Å². The highest BCUT2D eigenvalue weighted by Gasteiger charge is 2.08. The third kappa shape index (κ3) is 2.78. The van der Waals surface area contributed by atoms with Crippen molar-refractivity contribution < 1.29 is 9.50 Å². The van der Waals surface area contributed by atoms with Crippen LogP contribution in [0.4, 0.5) is 15.8 Å². The Labute approximate surface area is 105 Å². The molecule has 2 aromatic rings. The third-order valence-electron chi connectivity index (χ3n) is 2.72. The molecule has 2 aromatic carbocycles. The van der Waals surface area contributed by atoms with Gasteiger partial charge in [-0.2, -0.15) is 0 Å². The van der Waals surface area contributed by atoms with Crippen molar-refractivity contribution in [1.29, 1.82) is 0 Å². The largest absolute Gasteiger partial charge is 0.395 e. The molecule has 0 saturated carbocycles. The molecule has 0 amide bonds. The summed E-state index contributed by atoms with van der Waals surface area (Å²) in [6, 6.07) is 13.8. The summed E-state index contributed by atoms with van der Waals surface area (Å²) in [5, 5.41) is 12.9. The Kier molecular flexibility index (Phi) is 3.79. The number of nitrogens with two attached hydrogens (primary N) is 1. The van der Waals surface area contributed by atoms with Crippen LogP contribution in [0.1, 0.15) is 11.7 Å². The number of halogens is 1. The zero-order valence-electron chi connectivity index (χ0n) is 9.81. The van der Waals surface area contributed by atoms with Gasteiger partial charge in [-0.1, -0.05) is 36.4 Å². The highest BCUT2D eigenvalue weighted by Crippen LogP contribution is 2.22. The Bertz CT molecular complexity index is 516. The van der Waals surface area contributed by atoms with E-state index >= 15 is 0 Å². The van der Waals surface area contributed by atoms with Gasteiger partial charge < -0.3 is 16.2 Å². The summed E-state index contributed by atoms with van der Waals surface area (Å²) >= 11 is 0. The van der Waals surface area contributed by atoms with Crippen LogP contribution in [0, 0.1) is 5.82 Å². The number of nitrogen functional groups attached to an aromatic ring is 1. The first kappa shape index (κ1) is 12.4. The number of aliphatic hydroxyl groups excluding tert-OH is 1. The van der Waals surface area contributed by atoms with Gasteiger partial charge in [0.25, 0.3) is 0 Å². The number of aliphatic hydroxyl groups is 1. The number of benzene rings is 2. The van der Waals surface area contributed by atoms with E-state index < -0.39 is 11.9 Å². The van der Waals surface area contributed by atoms with Gasteiger partial charge in [0.05, 0.1) is 17.5 Å². The zero-order valence-corrected chi connectivity index (χ0v) is 9.81. The standard InChI is InChI=1S/C14H15FN2O/c15-11-7-4-8-12(14(11)16)17-9-13(18)10-5-2-1-3-6-10/h1-8,13,17-18H,9,16H2. The van der Waals surface area contributed by atoms with E-state index in [0.29, 0.717) is 5.69 Å². The molecule has 1 unspecified atom stereocenters. The molecule has 4 N–H and O–H groups in total. The number of anilines is 2. The monoisotopic (exact) mass is 246 g/mol. The molecule has 0 aliphatic rings. The van der Waals surface area contributed by atoms with Crippen molar-refractivity contribution in [3.8, 4) is 0 Å². The first-order valence-corrected chi connectivity index (χ1v) is 5.69. The van der Waals surface area contributed by atoms with Crippen LogP contribution in [0.15, 0.2) is 48.5 Å². The van der Waals surface area contributed by atoms with Crippen LogP contribution in [0.3, 0.4) is 0 Å².